The number of aromatic nitrogens is 2. The van der Waals surface area contributed by atoms with Gasteiger partial charge in [-0.15, -0.1) is 35.3 Å². The molecule has 0 radical (unpaired) electrons. The van der Waals surface area contributed by atoms with Crippen molar-refractivity contribution in [2.75, 3.05) is 33.2 Å². The van der Waals surface area contributed by atoms with Crippen LogP contribution in [0.2, 0.25) is 0 Å². The normalized spacial score (nSPS) is 16.6. The van der Waals surface area contributed by atoms with Gasteiger partial charge in [0.15, 0.2) is 10.9 Å². The van der Waals surface area contributed by atoms with E-state index in [0.29, 0.717) is 6.54 Å². The highest BCUT2D eigenvalue weighted by atomic mass is 127. The van der Waals surface area contributed by atoms with Crippen molar-refractivity contribution in [1.82, 2.24) is 24.5 Å². The molecule has 0 saturated carbocycles. The summed E-state index contributed by atoms with van der Waals surface area (Å²) in [5, 5.41) is 5.40. The molecular formula is C16H26IN7OS. The van der Waals surface area contributed by atoms with Crippen LogP contribution in [0.3, 0.4) is 0 Å². The second-order valence-electron chi connectivity index (χ2n) is 6.62. The summed E-state index contributed by atoms with van der Waals surface area (Å²) in [6.45, 7) is 7.54. The SMILES string of the molecule is CN=C(NCc1cn2ccsc2n1)N1CCN(C(C)(C)C(N)=O)CC1.I. The zero-order valence-corrected chi connectivity index (χ0v) is 18.5. The molecule has 144 valence electrons. The predicted octanol–water partition coefficient (Wildman–Crippen LogP) is 0.971. The standard InChI is InChI=1S/C16H25N7OS.HI/c1-16(2,13(17)24)23-6-4-21(5-7-23)14(18-3)19-10-12-11-22-8-9-25-15(22)20-12;/h8-9,11H,4-7,10H2,1-3H3,(H2,17,24)(H,18,19);1H. The van der Waals surface area contributed by atoms with Crippen LogP contribution < -0.4 is 11.1 Å². The molecule has 3 heterocycles. The summed E-state index contributed by atoms with van der Waals surface area (Å²) >= 11 is 1.62. The molecule has 0 spiro atoms. The number of halogens is 1. The number of amides is 1. The summed E-state index contributed by atoms with van der Waals surface area (Å²) < 4.78 is 2.02. The van der Waals surface area contributed by atoms with Gasteiger partial charge in [-0.25, -0.2) is 4.98 Å². The molecule has 3 N–H and O–H groups in total. The Morgan fingerprint density at radius 1 is 1.38 bits per heavy atom. The van der Waals surface area contributed by atoms with Gasteiger partial charge in [0.25, 0.3) is 0 Å². The first-order chi connectivity index (χ1) is 11.9. The molecule has 2 aromatic heterocycles. The van der Waals surface area contributed by atoms with Crippen molar-refractivity contribution in [2.45, 2.75) is 25.9 Å². The Morgan fingerprint density at radius 2 is 2.08 bits per heavy atom. The van der Waals surface area contributed by atoms with Crippen molar-refractivity contribution in [3.63, 3.8) is 0 Å². The molecule has 2 aromatic rings. The zero-order valence-electron chi connectivity index (χ0n) is 15.3. The van der Waals surface area contributed by atoms with Crippen LogP contribution >= 0.6 is 35.3 Å². The lowest BCUT2D eigenvalue weighted by atomic mass is 10.0. The Labute approximate surface area is 174 Å². The number of piperazine rings is 1. The van der Waals surface area contributed by atoms with Crippen LogP contribution in [-0.2, 0) is 11.3 Å². The van der Waals surface area contributed by atoms with E-state index in [9.17, 15) is 4.79 Å². The molecule has 0 atom stereocenters. The van der Waals surface area contributed by atoms with E-state index in [0.717, 1.165) is 42.8 Å². The van der Waals surface area contributed by atoms with Gasteiger partial charge in [-0.1, -0.05) is 0 Å². The van der Waals surface area contributed by atoms with Crippen LogP contribution in [0.15, 0.2) is 22.8 Å². The zero-order chi connectivity index (χ0) is 18.0. The van der Waals surface area contributed by atoms with E-state index < -0.39 is 5.54 Å². The summed E-state index contributed by atoms with van der Waals surface area (Å²) in [6, 6.07) is 0. The third-order valence-corrected chi connectivity index (χ3v) is 5.53. The van der Waals surface area contributed by atoms with Gasteiger partial charge in [-0.2, -0.15) is 0 Å². The van der Waals surface area contributed by atoms with E-state index in [4.69, 9.17) is 5.73 Å². The van der Waals surface area contributed by atoms with Gasteiger partial charge in [-0.3, -0.25) is 19.1 Å². The maximum absolute atomic E-state index is 11.6. The number of hydrogen-bond acceptors (Lipinski definition) is 5. The summed E-state index contributed by atoms with van der Waals surface area (Å²) in [4.78, 5) is 25.9. The van der Waals surface area contributed by atoms with E-state index in [1.54, 1.807) is 18.4 Å². The smallest absolute Gasteiger partial charge is 0.237 e. The Hall–Kier alpha value is -1.40. The van der Waals surface area contributed by atoms with Crippen molar-refractivity contribution in [3.8, 4) is 0 Å². The molecule has 0 bridgehead atoms. The summed E-state index contributed by atoms with van der Waals surface area (Å²) in [5.74, 6) is 0.566. The van der Waals surface area contributed by atoms with Gasteiger partial charge in [-0.05, 0) is 13.8 Å². The first-order valence-corrected chi connectivity index (χ1v) is 9.21. The van der Waals surface area contributed by atoms with E-state index in [-0.39, 0.29) is 29.9 Å². The second kappa shape index (κ2) is 8.53. The topological polar surface area (TPSA) is 91.3 Å². The van der Waals surface area contributed by atoms with E-state index >= 15 is 0 Å². The maximum Gasteiger partial charge on any atom is 0.237 e. The highest BCUT2D eigenvalue weighted by molar-refractivity contribution is 14.0. The highest BCUT2D eigenvalue weighted by Gasteiger charge is 2.35. The fourth-order valence-corrected chi connectivity index (χ4v) is 3.72. The number of carbonyl (C=O) groups is 1. The minimum Gasteiger partial charge on any atom is -0.368 e. The number of aliphatic imine (C=N–C) groups is 1. The van der Waals surface area contributed by atoms with Gasteiger partial charge < -0.3 is 16.0 Å². The van der Waals surface area contributed by atoms with Crippen molar-refractivity contribution in [2.24, 2.45) is 10.7 Å². The predicted molar refractivity (Wildman–Crippen MR) is 115 cm³/mol. The maximum atomic E-state index is 11.6. The minimum atomic E-state index is -0.620. The highest BCUT2D eigenvalue weighted by Crippen LogP contribution is 2.17. The summed E-state index contributed by atoms with van der Waals surface area (Å²) in [6.07, 6.45) is 4.03. The van der Waals surface area contributed by atoms with Crippen LogP contribution in [0.5, 0.6) is 0 Å². The van der Waals surface area contributed by atoms with Crippen LogP contribution in [-0.4, -0.2) is 69.8 Å². The van der Waals surface area contributed by atoms with Crippen molar-refractivity contribution >= 4 is 52.1 Å². The Kier molecular flexibility index (Phi) is 6.86. The molecule has 0 aromatic carbocycles. The first kappa shape index (κ1) is 20.9. The summed E-state index contributed by atoms with van der Waals surface area (Å²) in [5.41, 5.74) is 5.89. The molecule has 1 fully saturated rings. The van der Waals surface area contributed by atoms with E-state index in [2.05, 4.69) is 25.1 Å². The number of carbonyl (C=O) groups excluding carboxylic acids is 1. The fraction of sp³-hybridized carbons (Fsp3) is 0.562. The van der Waals surface area contributed by atoms with Gasteiger partial charge in [0.2, 0.25) is 5.91 Å². The van der Waals surface area contributed by atoms with Gasteiger partial charge in [0.05, 0.1) is 17.8 Å². The number of primary amides is 1. The van der Waals surface area contributed by atoms with E-state index in [1.807, 2.05) is 36.0 Å². The molecule has 1 aliphatic heterocycles. The molecule has 3 rings (SSSR count). The van der Waals surface area contributed by atoms with Crippen molar-refractivity contribution in [3.05, 3.63) is 23.5 Å². The first-order valence-electron chi connectivity index (χ1n) is 8.33. The molecule has 1 saturated heterocycles. The van der Waals surface area contributed by atoms with Gasteiger partial charge in [0, 0.05) is 51.0 Å². The number of nitrogens with zero attached hydrogens (tertiary/aromatic N) is 5. The lowest BCUT2D eigenvalue weighted by molar-refractivity contribution is -0.129. The monoisotopic (exact) mass is 491 g/mol. The number of hydrogen-bond donors (Lipinski definition) is 2. The molecule has 0 unspecified atom stereocenters. The van der Waals surface area contributed by atoms with Crippen LogP contribution in [0.1, 0.15) is 19.5 Å². The number of rotatable bonds is 4. The molecule has 10 heteroatoms. The number of fused-ring (bicyclic) bond motifs is 1. The fourth-order valence-electron chi connectivity index (χ4n) is 3.00. The Morgan fingerprint density at radius 3 is 2.65 bits per heavy atom. The lowest BCUT2D eigenvalue weighted by Crippen LogP contribution is -2.61. The molecule has 0 aliphatic carbocycles. The molecule has 1 aliphatic rings. The minimum absolute atomic E-state index is 0. The third-order valence-electron chi connectivity index (χ3n) is 4.76. The van der Waals surface area contributed by atoms with Gasteiger partial charge in [0.1, 0.15) is 0 Å². The molecule has 8 nitrogen and oxygen atoms in total. The van der Waals surface area contributed by atoms with Crippen LogP contribution in [0, 0.1) is 0 Å². The number of nitrogens with one attached hydrogen (secondary N) is 1. The average molecular weight is 491 g/mol. The number of nitrogens with two attached hydrogens (primary N) is 1. The van der Waals surface area contributed by atoms with Crippen LogP contribution in [0.4, 0.5) is 0 Å². The van der Waals surface area contributed by atoms with Gasteiger partial charge >= 0.3 is 0 Å². The van der Waals surface area contributed by atoms with Crippen LogP contribution in [0.25, 0.3) is 4.96 Å². The quantitative estimate of drug-likeness (QED) is 0.378. The van der Waals surface area contributed by atoms with E-state index in [1.165, 1.54) is 0 Å². The van der Waals surface area contributed by atoms with Crippen molar-refractivity contribution < 1.29 is 4.79 Å². The number of guanidine groups is 1. The molecule has 26 heavy (non-hydrogen) atoms. The Balaban J connectivity index is 0.00000243. The van der Waals surface area contributed by atoms with Crippen molar-refractivity contribution in [1.29, 1.82) is 0 Å². The Bertz CT molecular complexity index is 748. The second-order valence-corrected chi connectivity index (χ2v) is 7.50. The lowest BCUT2D eigenvalue weighted by Gasteiger charge is -2.43. The third kappa shape index (κ3) is 4.29. The largest absolute Gasteiger partial charge is 0.368 e. The number of thiazole rings is 1. The molecule has 1 amide bonds. The summed E-state index contributed by atoms with van der Waals surface area (Å²) in [7, 11) is 1.79. The number of imidazole rings is 1. The average Bonchev–Trinajstić information content (AvgIpc) is 3.17. The molecular weight excluding hydrogens is 465 g/mol.